The third-order valence-electron chi connectivity index (χ3n) is 3.96. The van der Waals surface area contributed by atoms with Gasteiger partial charge in [0.05, 0.1) is 5.52 Å². The molecule has 0 amide bonds. The van der Waals surface area contributed by atoms with Crippen molar-refractivity contribution < 1.29 is 9.90 Å². The third kappa shape index (κ3) is 2.74. The number of fused-ring (bicyclic) bond motifs is 1. The number of carbonyl (C=O) groups is 1. The van der Waals surface area contributed by atoms with Crippen LogP contribution in [0.5, 0.6) is 0 Å². The summed E-state index contributed by atoms with van der Waals surface area (Å²) in [5.74, 6) is 0.771. The predicted octanol–water partition coefficient (Wildman–Crippen LogP) is 2.93. The molecule has 0 bridgehead atoms. The summed E-state index contributed by atoms with van der Waals surface area (Å²) >= 11 is 0. The van der Waals surface area contributed by atoms with E-state index in [1.54, 1.807) is 0 Å². The Kier molecular flexibility index (Phi) is 3.54. The van der Waals surface area contributed by atoms with Crippen molar-refractivity contribution in [3.63, 3.8) is 0 Å². The first-order valence-corrected chi connectivity index (χ1v) is 7.05. The molecule has 1 unspecified atom stereocenters. The van der Waals surface area contributed by atoms with Gasteiger partial charge < -0.3 is 10.0 Å². The van der Waals surface area contributed by atoms with Crippen LogP contribution in [0.3, 0.4) is 0 Å². The zero-order valence-electron chi connectivity index (χ0n) is 11.3. The monoisotopic (exact) mass is 270 g/mol. The normalized spacial score (nSPS) is 18.6. The van der Waals surface area contributed by atoms with E-state index in [0.29, 0.717) is 5.92 Å². The molecule has 1 fully saturated rings. The fourth-order valence-corrected chi connectivity index (χ4v) is 2.84. The summed E-state index contributed by atoms with van der Waals surface area (Å²) in [4.78, 5) is 17.6. The number of pyridine rings is 1. The summed E-state index contributed by atoms with van der Waals surface area (Å²) in [6.45, 7) is 1.88. The molecule has 1 aromatic carbocycles. The first kappa shape index (κ1) is 12.9. The second kappa shape index (κ2) is 5.49. The highest BCUT2D eigenvalue weighted by atomic mass is 16.4. The van der Waals surface area contributed by atoms with Crippen LogP contribution in [0.4, 0.5) is 5.82 Å². The molecule has 0 aliphatic carbocycles. The molecule has 4 heteroatoms. The number of anilines is 1. The lowest BCUT2D eigenvalue weighted by Crippen LogP contribution is -2.20. The molecular formula is C16H18N2O2. The van der Waals surface area contributed by atoms with Crippen molar-refractivity contribution in [2.75, 3.05) is 18.0 Å². The molecule has 2 aromatic rings. The second-order valence-corrected chi connectivity index (χ2v) is 5.40. The Morgan fingerprint density at radius 2 is 2.15 bits per heavy atom. The van der Waals surface area contributed by atoms with E-state index in [0.717, 1.165) is 42.7 Å². The van der Waals surface area contributed by atoms with E-state index in [4.69, 9.17) is 10.1 Å². The van der Waals surface area contributed by atoms with E-state index in [2.05, 4.69) is 23.1 Å². The van der Waals surface area contributed by atoms with Crippen LogP contribution in [0.25, 0.3) is 10.9 Å². The molecule has 3 rings (SSSR count). The molecular weight excluding hydrogens is 252 g/mol. The molecule has 1 aliphatic rings. The van der Waals surface area contributed by atoms with Crippen molar-refractivity contribution in [1.29, 1.82) is 0 Å². The minimum absolute atomic E-state index is 0.268. The maximum absolute atomic E-state index is 10.6. The Morgan fingerprint density at radius 3 is 3.00 bits per heavy atom. The minimum atomic E-state index is -0.702. The van der Waals surface area contributed by atoms with Crippen molar-refractivity contribution in [1.82, 2.24) is 4.98 Å². The van der Waals surface area contributed by atoms with Gasteiger partial charge in [0.15, 0.2) is 0 Å². The van der Waals surface area contributed by atoms with Gasteiger partial charge in [0, 0.05) is 24.9 Å². The molecule has 1 N–H and O–H groups in total. The van der Waals surface area contributed by atoms with Gasteiger partial charge >= 0.3 is 5.97 Å². The predicted molar refractivity (Wildman–Crippen MR) is 78.9 cm³/mol. The van der Waals surface area contributed by atoms with Crippen molar-refractivity contribution in [2.45, 2.75) is 19.3 Å². The summed E-state index contributed by atoms with van der Waals surface area (Å²) in [5, 5.41) is 9.90. The van der Waals surface area contributed by atoms with Crippen LogP contribution in [-0.2, 0) is 4.79 Å². The highest BCUT2D eigenvalue weighted by Crippen LogP contribution is 2.26. The largest absolute Gasteiger partial charge is 0.481 e. The number of aromatic nitrogens is 1. The number of carboxylic acids is 1. The van der Waals surface area contributed by atoms with Gasteiger partial charge in [0.2, 0.25) is 0 Å². The highest BCUT2D eigenvalue weighted by Gasteiger charge is 2.23. The van der Waals surface area contributed by atoms with E-state index in [1.807, 2.05) is 18.2 Å². The summed E-state index contributed by atoms with van der Waals surface area (Å²) in [5.41, 5.74) is 1.01. The lowest BCUT2D eigenvalue weighted by atomic mass is 10.0. The van der Waals surface area contributed by atoms with Crippen molar-refractivity contribution in [3.05, 3.63) is 36.4 Å². The smallest absolute Gasteiger partial charge is 0.303 e. The van der Waals surface area contributed by atoms with Crippen molar-refractivity contribution in [2.24, 2.45) is 5.92 Å². The number of para-hydroxylation sites is 1. The minimum Gasteiger partial charge on any atom is -0.481 e. The van der Waals surface area contributed by atoms with Gasteiger partial charge in [-0.15, -0.1) is 0 Å². The maximum atomic E-state index is 10.6. The van der Waals surface area contributed by atoms with E-state index in [1.165, 1.54) is 0 Å². The zero-order chi connectivity index (χ0) is 13.9. The Morgan fingerprint density at radius 1 is 1.30 bits per heavy atom. The highest BCUT2D eigenvalue weighted by molar-refractivity contribution is 5.80. The maximum Gasteiger partial charge on any atom is 0.303 e. The zero-order valence-corrected chi connectivity index (χ0v) is 11.3. The van der Waals surface area contributed by atoms with Gasteiger partial charge in [0.25, 0.3) is 0 Å². The van der Waals surface area contributed by atoms with Crippen LogP contribution < -0.4 is 4.90 Å². The van der Waals surface area contributed by atoms with Gasteiger partial charge in [-0.05, 0) is 37.0 Å². The van der Waals surface area contributed by atoms with Crippen molar-refractivity contribution in [3.8, 4) is 0 Å². The Bertz CT molecular complexity index is 627. The molecule has 2 heterocycles. The fraction of sp³-hybridized carbons (Fsp3) is 0.375. The number of carboxylic acid groups (broad SMARTS) is 1. The van der Waals surface area contributed by atoms with Crippen LogP contribution in [0.1, 0.15) is 19.3 Å². The molecule has 1 saturated heterocycles. The van der Waals surface area contributed by atoms with Gasteiger partial charge in [-0.3, -0.25) is 4.79 Å². The molecule has 1 aliphatic heterocycles. The van der Waals surface area contributed by atoms with E-state index in [-0.39, 0.29) is 6.42 Å². The first-order chi connectivity index (χ1) is 9.72. The number of aliphatic carboxylic acids is 1. The summed E-state index contributed by atoms with van der Waals surface area (Å²) in [7, 11) is 0. The molecule has 4 nitrogen and oxygen atoms in total. The lowest BCUT2D eigenvalue weighted by molar-refractivity contribution is -0.137. The first-order valence-electron chi connectivity index (χ1n) is 7.05. The topological polar surface area (TPSA) is 53.4 Å². The lowest BCUT2D eigenvalue weighted by Gasteiger charge is -2.17. The molecule has 0 radical (unpaired) electrons. The Hall–Kier alpha value is -2.10. The van der Waals surface area contributed by atoms with Crippen LogP contribution in [-0.4, -0.2) is 29.1 Å². The number of nitrogens with zero attached hydrogens (tertiary/aromatic N) is 2. The standard InChI is InChI=1S/C16H18N2O2/c19-16(20)8-5-12-9-10-18(11-12)15-7-6-13-3-1-2-4-14(13)17-15/h1-4,6-7,12H,5,8-11H2,(H,19,20). The van der Waals surface area contributed by atoms with Crippen LogP contribution in [0.2, 0.25) is 0 Å². The number of hydrogen-bond acceptors (Lipinski definition) is 3. The Balaban J connectivity index is 1.71. The number of benzene rings is 1. The molecule has 0 saturated carbocycles. The fourth-order valence-electron chi connectivity index (χ4n) is 2.84. The van der Waals surface area contributed by atoms with E-state index < -0.39 is 5.97 Å². The number of rotatable bonds is 4. The Labute approximate surface area is 118 Å². The van der Waals surface area contributed by atoms with Gasteiger partial charge in [-0.2, -0.15) is 0 Å². The summed E-state index contributed by atoms with van der Waals surface area (Å²) < 4.78 is 0. The molecule has 1 aromatic heterocycles. The van der Waals surface area contributed by atoms with Crippen LogP contribution in [0, 0.1) is 5.92 Å². The average molecular weight is 270 g/mol. The van der Waals surface area contributed by atoms with E-state index in [9.17, 15) is 4.79 Å². The van der Waals surface area contributed by atoms with Gasteiger partial charge in [-0.1, -0.05) is 18.2 Å². The molecule has 0 spiro atoms. The third-order valence-corrected chi connectivity index (χ3v) is 3.96. The van der Waals surface area contributed by atoms with Gasteiger partial charge in [-0.25, -0.2) is 4.98 Å². The summed E-state index contributed by atoms with van der Waals surface area (Å²) in [6.07, 6.45) is 2.09. The van der Waals surface area contributed by atoms with E-state index >= 15 is 0 Å². The quantitative estimate of drug-likeness (QED) is 0.928. The summed E-state index contributed by atoms with van der Waals surface area (Å²) in [6, 6.07) is 12.3. The molecule has 20 heavy (non-hydrogen) atoms. The van der Waals surface area contributed by atoms with Gasteiger partial charge in [0.1, 0.15) is 5.82 Å². The molecule has 1 atom stereocenters. The van der Waals surface area contributed by atoms with Crippen molar-refractivity contribution >= 4 is 22.7 Å². The van der Waals surface area contributed by atoms with Crippen LogP contribution >= 0.6 is 0 Å². The number of hydrogen-bond donors (Lipinski definition) is 1. The SMILES string of the molecule is O=C(O)CCC1CCN(c2ccc3ccccc3n2)C1. The average Bonchev–Trinajstić information content (AvgIpc) is 2.93. The second-order valence-electron chi connectivity index (χ2n) is 5.40. The van der Waals surface area contributed by atoms with Crippen LogP contribution in [0.15, 0.2) is 36.4 Å². The molecule has 104 valence electrons.